The summed E-state index contributed by atoms with van der Waals surface area (Å²) in [6.45, 7) is 39.0. The smallest absolute Gasteiger partial charge is 0.416 e. The van der Waals surface area contributed by atoms with Gasteiger partial charge in [0.05, 0.1) is 66.5 Å². The van der Waals surface area contributed by atoms with Crippen molar-refractivity contribution in [1.29, 1.82) is 0 Å². The summed E-state index contributed by atoms with van der Waals surface area (Å²) < 4.78 is 192. The molecule has 14 aromatic rings. The number of aryl methyl sites for hydroxylation is 2. The van der Waals surface area contributed by atoms with E-state index in [1.54, 1.807) is 66.2 Å². The van der Waals surface area contributed by atoms with E-state index in [0.717, 1.165) is 138 Å². The molecule has 0 radical (unpaired) electrons. The van der Waals surface area contributed by atoms with Crippen LogP contribution in [0.3, 0.4) is 0 Å². The van der Waals surface area contributed by atoms with Crippen LogP contribution in [0.1, 0.15) is 182 Å². The van der Waals surface area contributed by atoms with Crippen LogP contribution in [0.2, 0.25) is 0 Å². The van der Waals surface area contributed by atoms with Crippen molar-refractivity contribution >= 4 is 52.9 Å². The predicted molar refractivity (Wildman–Crippen MR) is 601 cm³/mol. The molecule has 0 bridgehead atoms. The molecule has 0 aromatic heterocycles. The minimum atomic E-state index is -5.13. The Labute approximate surface area is 881 Å². The van der Waals surface area contributed by atoms with Crippen molar-refractivity contribution in [2.24, 2.45) is 0 Å². The summed E-state index contributed by atoms with van der Waals surface area (Å²) in [6.07, 6.45) is -6.98. The summed E-state index contributed by atoms with van der Waals surface area (Å²) in [5.41, 5.74) is 21.3. The first kappa shape index (κ1) is 109. The van der Waals surface area contributed by atoms with Gasteiger partial charge in [-0.2, -0.15) is 39.5 Å². The normalized spacial score (nSPS) is 16.1. The second-order valence-corrected chi connectivity index (χ2v) is 54.8. The highest BCUT2D eigenvalue weighted by atomic mass is 31.1. The highest BCUT2D eigenvalue weighted by molar-refractivity contribution is 7.69. The van der Waals surface area contributed by atoms with Gasteiger partial charge < -0.3 is 52.1 Å². The van der Waals surface area contributed by atoms with Crippen LogP contribution in [0, 0.1) is 41.5 Å². The quantitative estimate of drug-likeness (QED) is 0.0571. The second kappa shape index (κ2) is 42.9. The summed E-state index contributed by atoms with van der Waals surface area (Å²) in [5.74, 6) is 10.2. The van der Waals surface area contributed by atoms with Gasteiger partial charge in [-0.1, -0.05) is 210 Å². The molecule has 24 heteroatoms. The predicted octanol–water partition coefficient (Wildman–Crippen LogP) is 35.2. The van der Waals surface area contributed by atoms with Gasteiger partial charge in [0.25, 0.3) is 0 Å². The highest BCUT2D eigenvalue weighted by Crippen LogP contribution is 2.65. The minimum absolute atomic E-state index is 0.0217. The number of fused-ring (bicyclic) bond motifs is 4. The molecule has 4 aliphatic heterocycles. The number of benzene rings is 14. The molecule has 2 saturated carbocycles. The third kappa shape index (κ3) is 22.2. The van der Waals surface area contributed by atoms with Gasteiger partial charge in [0.15, 0.2) is 0 Å². The van der Waals surface area contributed by atoms with E-state index in [9.17, 15) is 39.5 Å². The summed E-state index contributed by atoms with van der Waals surface area (Å²) in [7, 11) is 9.27. The lowest BCUT2D eigenvalue weighted by Gasteiger charge is -2.29. The number of ether oxygens (including phenoxy) is 11. The molecular weight excluding hydrogens is 1980 g/mol. The summed E-state index contributed by atoms with van der Waals surface area (Å²) in [4.78, 5) is 0. The van der Waals surface area contributed by atoms with Crippen LogP contribution >= 0.6 is 31.7 Å². The molecule has 0 saturated heterocycles. The summed E-state index contributed by atoms with van der Waals surface area (Å²) in [5, 5.41) is 5.12. The number of methoxy groups -OCH3 is 7. The third-order valence-electron chi connectivity index (χ3n) is 28.9. The van der Waals surface area contributed by atoms with Crippen LogP contribution in [0.5, 0.6) is 63.2 Å². The molecule has 4 heterocycles. The van der Waals surface area contributed by atoms with E-state index >= 15 is 0 Å². The maximum absolute atomic E-state index is 14.0. The van der Waals surface area contributed by atoms with E-state index in [0.29, 0.717) is 58.3 Å². The van der Waals surface area contributed by atoms with Gasteiger partial charge in [-0.3, -0.25) is 0 Å². The van der Waals surface area contributed by atoms with Crippen molar-refractivity contribution in [3.05, 3.63) is 292 Å². The Kier molecular flexibility index (Phi) is 31.2. The lowest BCUT2D eigenvalue weighted by atomic mass is 9.85. The molecule has 150 heavy (non-hydrogen) atoms. The van der Waals surface area contributed by atoms with Crippen molar-refractivity contribution < 1.29 is 91.6 Å². The molecule has 6 aliphatic rings. The minimum Gasteiger partial charge on any atom is -0.497 e. The molecule has 2 aliphatic carbocycles. The highest BCUT2D eigenvalue weighted by Gasteiger charge is 2.46. The van der Waals surface area contributed by atoms with Crippen LogP contribution in [-0.4, -0.2) is 95.8 Å². The zero-order valence-electron chi connectivity index (χ0n) is 89.9. The van der Waals surface area contributed by atoms with E-state index < -0.39 is 64.5 Å². The molecule has 4 atom stereocenters. The lowest BCUT2D eigenvalue weighted by molar-refractivity contribution is -0.143. The van der Waals surface area contributed by atoms with Crippen molar-refractivity contribution in [1.82, 2.24) is 0 Å². The van der Waals surface area contributed by atoms with Crippen LogP contribution in [0.4, 0.5) is 39.5 Å². The summed E-state index contributed by atoms with van der Waals surface area (Å²) >= 11 is 0. The molecule has 14 aromatic carbocycles. The monoisotopic (exact) mass is 2110 g/mol. The van der Waals surface area contributed by atoms with Crippen molar-refractivity contribution in [2.45, 2.75) is 201 Å². The second-order valence-electron chi connectivity index (χ2n) is 43.2. The van der Waals surface area contributed by atoms with E-state index in [4.69, 9.17) is 52.1 Å². The number of rotatable bonds is 19. The molecule has 0 amide bonds. The Morgan fingerprint density at radius 3 is 0.827 bits per heavy atom. The molecule has 0 spiro atoms. The summed E-state index contributed by atoms with van der Waals surface area (Å²) in [6, 6.07) is 71.1. The van der Waals surface area contributed by atoms with Crippen molar-refractivity contribution in [3.8, 4) is 175 Å². The molecule has 0 unspecified atom stereocenters. The lowest BCUT2D eigenvalue weighted by Crippen LogP contribution is -2.19. The van der Waals surface area contributed by atoms with E-state index in [2.05, 4.69) is 242 Å². The zero-order chi connectivity index (χ0) is 108. The van der Waals surface area contributed by atoms with E-state index in [1.165, 1.54) is 118 Å². The fourth-order valence-corrected chi connectivity index (χ4v) is 30.5. The van der Waals surface area contributed by atoms with E-state index in [-0.39, 0.29) is 62.6 Å². The largest absolute Gasteiger partial charge is 0.497 e. The molecule has 784 valence electrons. The SMILES string of the molecule is COc1c(-c2cc(C(F)(F)F)cc(C(F)(F)F)c2)cc(-c2cc(C)cc(C(F)(F)F)c2)c(C)c1-c1cccc2c1[P@](C(C)(C)C)CO2.COc1c(-c2ccccc2)cc(-c2ccccc2)c(C)c1-c1cccc2c1[P@](C(C)(C)C)CO2.COc1c(C2CC2)cc(C2CC2)c(C)c1-c1cccc2c1[P@](C(C)(C)C)CO2.COc1cc(C)cc(-c2cc(-c3cc(OC)cc(OC)c3)c(OC)c(-c3cccc4c3[P@](C(C)(C)C)CO4)c2C)c1. The topological polar surface area (TPSA) is 102 Å². The first-order valence-electron chi connectivity index (χ1n) is 50.5. The van der Waals surface area contributed by atoms with Crippen LogP contribution in [-0.2, 0) is 18.5 Å². The van der Waals surface area contributed by atoms with Crippen LogP contribution < -0.4 is 73.3 Å². The van der Waals surface area contributed by atoms with Gasteiger partial charge in [-0.25, -0.2) is 0 Å². The third-order valence-corrected chi connectivity index (χ3v) is 40.9. The Hall–Kier alpha value is -12.0. The number of hydrogen-bond acceptors (Lipinski definition) is 11. The first-order valence-corrected chi connectivity index (χ1v) is 56.6. The molecule has 2 fully saturated rings. The van der Waals surface area contributed by atoms with Crippen LogP contribution in [0.15, 0.2) is 231 Å². The average Bonchev–Trinajstić information content (AvgIpc) is 1.70. The zero-order valence-corrected chi connectivity index (χ0v) is 93.5. The molecule has 11 nitrogen and oxygen atoms in total. The Balaban J connectivity index is 0.000000138. The number of hydrogen-bond donors (Lipinski definition) is 0. The van der Waals surface area contributed by atoms with Crippen LogP contribution in [0.25, 0.3) is 111 Å². The van der Waals surface area contributed by atoms with Gasteiger partial charge in [0, 0.05) is 66.2 Å². The fourth-order valence-electron chi connectivity index (χ4n) is 21.1. The van der Waals surface area contributed by atoms with E-state index in [1.807, 2.05) is 46.1 Å². The molecule has 0 N–H and O–H groups in total. The van der Waals surface area contributed by atoms with Crippen molar-refractivity contribution in [2.75, 3.05) is 75.2 Å². The first-order chi connectivity index (χ1) is 71.0. The Morgan fingerprint density at radius 1 is 0.240 bits per heavy atom. The number of halogens is 9. The van der Waals surface area contributed by atoms with Gasteiger partial charge in [0.2, 0.25) is 0 Å². The van der Waals surface area contributed by atoms with Gasteiger partial charge in [0.1, 0.15) is 88.6 Å². The molecule has 20 rings (SSSR count). The standard InChI is InChI=1S/C35H30F9O2P.C35H39O5P.C31H31O2P.C25H31O2P/c1-18-10-20(12-22(11-18)33(36,37)38)26-16-27(21-13-23(34(39,40)41)15-24(14-21)35(42,43)44)30(45-6)29(19(26)2)25-8-7-9-28-31(25)47(17-46-28)32(3,4)5;1-21-13-23(15-25(14-21)36-6)29-19-30(24-16-26(37-7)18-27(17-24)38-8)33(39-9)32(22(29)2)28-11-10-12-31-34(28)41(20-40-31)35(3,4)5;1-21-25(22-13-8-6-9-14-22)19-26(23-15-10-7-11-16-23)29(32-5)28(21)24-17-12-18-27-30(24)34(20-33-27)31(2,3)4;1-15-19(16-9-10-16)13-20(17-11-12-17)23(26-5)22(15)18-7-6-8-21-24(18)28(14-27-21)25(2,3)4/h7-16H,17H2,1-6H3;10-19H,20H2,1-9H3;6-19H,20H2,1-5H3;6-8,13,16-17H,9-12,14H2,1-5H3/t47-;41-;34-;28-/m1111/s1. The fraction of sp³-hybridized carbons (Fsp3) is 0.333. The average molecular weight is 2120 g/mol. The van der Waals surface area contributed by atoms with Gasteiger partial charge in [-0.15, -0.1) is 0 Å². The van der Waals surface area contributed by atoms with Crippen molar-refractivity contribution in [3.63, 3.8) is 0 Å². The van der Waals surface area contributed by atoms with Gasteiger partial charge in [-0.05, 0) is 345 Å². The Bertz CT molecular complexity index is 7390. The number of alkyl halides is 9. The van der Waals surface area contributed by atoms with Gasteiger partial charge >= 0.3 is 18.5 Å². The maximum Gasteiger partial charge on any atom is 0.416 e. The Morgan fingerprint density at radius 2 is 0.513 bits per heavy atom. The maximum atomic E-state index is 14.0. The molecular formula is C126H131F9O11P4.